The van der Waals surface area contributed by atoms with Crippen LogP contribution in [0.5, 0.6) is 5.75 Å². The highest BCUT2D eigenvalue weighted by atomic mass is 79.9. The summed E-state index contributed by atoms with van der Waals surface area (Å²) >= 11 is 7.14. The molecule has 2 aromatic rings. The Kier molecular flexibility index (Phi) is 5.37. The average Bonchev–Trinajstić information content (AvgIpc) is 2.71. The predicted molar refractivity (Wildman–Crippen MR) is 111 cm³/mol. The summed E-state index contributed by atoms with van der Waals surface area (Å²) in [4.78, 5) is 8.86. The van der Waals surface area contributed by atoms with Crippen molar-refractivity contribution in [2.24, 2.45) is 11.8 Å². The molecular formula is C20H22Br2N2O2. The minimum atomic E-state index is -0.525. The Morgan fingerprint density at radius 2 is 2.27 bits per heavy atom. The maximum absolute atomic E-state index is 11.3. The summed E-state index contributed by atoms with van der Waals surface area (Å²) in [6.07, 6.45) is 3.46. The fourth-order valence-corrected chi connectivity index (χ4v) is 5.39. The highest BCUT2D eigenvalue weighted by Crippen LogP contribution is 2.45. The number of benzene rings is 1. The van der Waals surface area contributed by atoms with Crippen molar-refractivity contribution in [2.45, 2.75) is 25.0 Å². The Morgan fingerprint density at radius 3 is 2.96 bits per heavy atom. The Hall–Kier alpha value is -0.950. The molecule has 4 heterocycles. The zero-order valence-electron chi connectivity index (χ0n) is 14.6. The maximum Gasteiger partial charge on any atom is 0.119 e. The lowest BCUT2D eigenvalue weighted by Crippen LogP contribution is -2.55. The first-order valence-corrected chi connectivity index (χ1v) is 10.6. The molecule has 0 saturated carbocycles. The van der Waals surface area contributed by atoms with E-state index < -0.39 is 6.10 Å². The van der Waals surface area contributed by atoms with Crippen LogP contribution in [0.3, 0.4) is 0 Å². The zero-order chi connectivity index (χ0) is 18.3. The minimum absolute atomic E-state index is 0.150. The molecule has 0 spiro atoms. The molecule has 138 valence electrons. The van der Waals surface area contributed by atoms with Crippen molar-refractivity contribution in [3.8, 4) is 5.75 Å². The van der Waals surface area contributed by atoms with Crippen molar-refractivity contribution in [3.63, 3.8) is 0 Å². The number of hydrogen-bond acceptors (Lipinski definition) is 4. The normalized spacial score (nSPS) is 29.8. The van der Waals surface area contributed by atoms with Crippen LogP contribution in [0.4, 0.5) is 0 Å². The number of halogens is 2. The molecule has 26 heavy (non-hydrogen) atoms. The summed E-state index contributed by atoms with van der Waals surface area (Å²) in [6.45, 7) is 2.04. The molecule has 3 aliphatic rings. The van der Waals surface area contributed by atoms with Gasteiger partial charge >= 0.3 is 0 Å². The van der Waals surface area contributed by atoms with Crippen LogP contribution in [-0.4, -0.2) is 41.2 Å². The van der Waals surface area contributed by atoms with Gasteiger partial charge in [0, 0.05) is 34.6 Å². The molecule has 5 atom stereocenters. The van der Waals surface area contributed by atoms with E-state index in [1.807, 2.05) is 29.3 Å². The predicted octanol–water partition coefficient (Wildman–Crippen LogP) is 4.62. The number of piperidine rings is 3. The van der Waals surface area contributed by atoms with E-state index in [0.29, 0.717) is 11.8 Å². The number of aromatic nitrogens is 1. The first kappa shape index (κ1) is 18.4. The number of pyridine rings is 1. The van der Waals surface area contributed by atoms with Crippen LogP contribution in [0, 0.1) is 11.8 Å². The van der Waals surface area contributed by atoms with Crippen molar-refractivity contribution < 1.29 is 9.84 Å². The number of rotatable bonds is 4. The molecule has 0 amide bonds. The number of aliphatic hydroxyl groups is 1. The Morgan fingerprint density at radius 1 is 1.42 bits per heavy atom. The lowest BCUT2D eigenvalue weighted by atomic mass is 9.73. The van der Waals surface area contributed by atoms with Gasteiger partial charge in [-0.2, -0.15) is 0 Å². The van der Waals surface area contributed by atoms with Gasteiger partial charge in [-0.1, -0.05) is 31.9 Å². The second kappa shape index (κ2) is 7.58. The van der Waals surface area contributed by atoms with Crippen LogP contribution in [0.25, 0.3) is 10.9 Å². The van der Waals surface area contributed by atoms with Crippen molar-refractivity contribution in [2.75, 3.05) is 20.2 Å². The molecule has 1 aromatic heterocycles. The van der Waals surface area contributed by atoms with Crippen LogP contribution in [0.1, 0.15) is 24.5 Å². The molecular weight excluding hydrogens is 460 g/mol. The third-order valence-corrected chi connectivity index (χ3v) is 7.85. The van der Waals surface area contributed by atoms with Gasteiger partial charge in [-0.15, -0.1) is 0 Å². The van der Waals surface area contributed by atoms with Gasteiger partial charge in [0.1, 0.15) is 5.75 Å². The van der Waals surface area contributed by atoms with E-state index >= 15 is 0 Å². The Labute approximate surface area is 170 Å². The lowest BCUT2D eigenvalue weighted by Gasteiger charge is -2.51. The van der Waals surface area contributed by atoms with Crippen LogP contribution >= 0.6 is 31.9 Å². The molecule has 2 bridgehead atoms. The van der Waals surface area contributed by atoms with Crippen LogP contribution in [0.15, 0.2) is 39.9 Å². The van der Waals surface area contributed by atoms with E-state index in [1.54, 1.807) is 13.3 Å². The van der Waals surface area contributed by atoms with Crippen molar-refractivity contribution in [1.82, 2.24) is 9.88 Å². The molecule has 3 aliphatic heterocycles. The lowest BCUT2D eigenvalue weighted by molar-refractivity contribution is -0.0451. The first-order chi connectivity index (χ1) is 12.6. The fourth-order valence-electron chi connectivity index (χ4n) is 4.53. The highest BCUT2D eigenvalue weighted by Gasteiger charge is 2.44. The van der Waals surface area contributed by atoms with E-state index in [9.17, 15) is 5.11 Å². The molecule has 3 saturated heterocycles. The SMILES string of the molecule is COc1ccc2nccc(C(O)C3CC4CCN3CC4C(Br)=CBr)c2c1. The van der Waals surface area contributed by atoms with Gasteiger partial charge in [0.05, 0.1) is 18.7 Å². The van der Waals surface area contributed by atoms with Gasteiger partial charge in [0.25, 0.3) is 0 Å². The number of methoxy groups -OCH3 is 1. The van der Waals surface area contributed by atoms with E-state index in [-0.39, 0.29) is 6.04 Å². The molecule has 1 N–H and O–H groups in total. The first-order valence-electron chi connectivity index (χ1n) is 8.93. The number of aliphatic hydroxyl groups excluding tert-OH is 1. The number of ether oxygens (including phenoxy) is 1. The van der Waals surface area contributed by atoms with Crippen LogP contribution in [-0.2, 0) is 0 Å². The maximum atomic E-state index is 11.3. The third kappa shape index (κ3) is 3.21. The topological polar surface area (TPSA) is 45.6 Å². The molecule has 5 unspecified atom stereocenters. The van der Waals surface area contributed by atoms with Gasteiger partial charge in [-0.25, -0.2) is 0 Å². The summed E-state index contributed by atoms with van der Waals surface area (Å²) in [5, 5.41) is 12.2. The van der Waals surface area contributed by atoms with E-state index in [4.69, 9.17) is 4.74 Å². The molecule has 3 fully saturated rings. The standard InChI is InChI=1S/C20H22Br2N2O2/c1-26-13-2-3-18-15(9-13)14(4-6-23-18)20(25)19-8-12-5-7-24(19)11-16(12)17(22)10-21/h2-4,6,9-10,12,16,19-20,25H,5,7-8,11H2,1H3. The van der Waals surface area contributed by atoms with E-state index in [2.05, 4.69) is 41.7 Å². The van der Waals surface area contributed by atoms with Crippen LogP contribution in [0.2, 0.25) is 0 Å². The van der Waals surface area contributed by atoms with Gasteiger partial charge in [-0.05, 0) is 60.1 Å². The van der Waals surface area contributed by atoms with Crippen molar-refractivity contribution in [3.05, 3.63) is 45.5 Å². The number of fused-ring (bicyclic) bond motifs is 4. The van der Waals surface area contributed by atoms with Gasteiger partial charge in [-0.3, -0.25) is 9.88 Å². The summed E-state index contributed by atoms with van der Waals surface area (Å²) in [7, 11) is 1.66. The van der Waals surface area contributed by atoms with Crippen molar-refractivity contribution in [1.29, 1.82) is 0 Å². The minimum Gasteiger partial charge on any atom is -0.497 e. The Balaban J connectivity index is 1.65. The molecule has 5 rings (SSSR count). The van der Waals surface area contributed by atoms with Gasteiger partial charge in [0.15, 0.2) is 0 Å². The second-order valence-corrected chi connectivity index (χ2v) is 8.55. The molecule has 0 radical (unpaired) electrons. The van der Waals surface area contributed by atoms with Crippen molar-refractivity contribution >= 4 is 42.8 Å². The summed E-state index contributed by atoms with van der Waals surface area (Å²) in [6, 6.07) is 7.93. The van der Waals surface area contributed by atoms with E-state index in [1.165, 1.54) is 10.9 Å². The van der Waals surface area contributed by atoms with Gasteiger partial charge in [0.2, 0.25) is 0 Å². The molecule has 4 nitrogen and oxygen atoms in total. The van der Waals surface area contributed by atoms with Gasteiger partial charge < -0.3 is 9.84 Å². The highest BCUT2D eigenvalue weighted by molar-refractivity contribution is 9.14. The molecule has 1 aromatic carbocycles. The summed E-state index contributed by atoms with van der Waals surface area (Å²) < 4.78 is 6.59. The zero-order valence-corrected chi connectivity index (χ0v) is 17.8. The number of hydrogen-bond donors (Lipinski definition) is 1. The number of nitrogens with zero attached hydrogens (tertiary/aromatic N) is 2. The monoisotopic (exact) mass is 480 g/mol. The quantitative estimate of drug-likeness (QED) is 0.692. The summed E-state index contributed by atoms with van der Waals surface area (Å²) in [5.74, 6) is 1.90. The average molecular weight is 482 g/mol. The second-order valence-electron chi connectivity index (χ2n) is 7.18. The Bertz CT molecular complexity index is 842. The molecule has 6 heteroatoms. The third-order valence-electron chi connectivity index (χ3n) is 5.92. The smallest absolute Gasteiger partial charge is 0.119 e. The largest absolute Gasteiger partial charge is 0.497 e. The molecule has 0 aliphatic carbocycles. The fraction of sp³-hybridized carbons (Fsp3) is 0.450. The summed E-state index contributed by atoms with van der Waals surface area (Å²) in [5.41, 5.74) is 1.83. The van der Waals surface area contributed by atoms with E-state index in [0.717, 1.165) is 41.7 Å². The van der Waals surface area contributed by atoms with Crippen LogP contribution < -0.4 is 4.74 Å².